The number of imidazole rings is 1. The molecule has 0 bridgehead atoms. The van der Waals surface area contributed by atoms with Gasteiger partial charge in [-0.05, 0) is 38.6 Å². The molecule has 1 aliphatic heterocycles. The summed E-state index contributed by atoms with van der Waals surface area (Å²) in [5.41, 5.74) is 8.69. The number of nitrogens with two attached hydrogens (primary N) is 1. The summed E-state index contributed by atoms with van der Waals surface area (Å²) in [7, 11) is 0. The topological polar surface area (TPSA) is 43.8 Å². The van der Waals surface area contributed by atoms with Crippen LogP contribution >= 0.6 is 0 Å². The molecule has 1 aromatic heterocycles. The minimum absolute atomic E-state index is 0.723. The van der Waals surface area contributed by atoms with Crippen molar-refractivity contribution in [2.75, 3.05) is 6.54 Å². The zero-order chi connectivity index (χ0) is 11.7. The Morgan fingerprint density at radius 2 is 2.00 bits per heavy atom. The maximum atomic E-state index is 5.70. The van der Waals surface area contributed by atoms with Crippen LogP contribution in [0, 0.1) is 0 Å². The summed E-state index contributed by atoms with van der Waals surface area (Å²) in [5.74, 6) is 2.00. The Bertz CT molecular complexity index is 388. The van der Waals surface area contributed by atoms with Crippen molar-refractivity contribution in [1.82, 2.24) is 9.55 Å². The number of hydrogen-bond donors (Lipinski definition) is 1. The third-order valence-corrected chi connectivity index (χ3v) is 4.34. The van der Waals surface area contributed by atoms with E-state index in [0.29, 0.717) is 0 Å². The van der Waals surface area contributed by atoms with Crippen LogP contribution in [-0.2, 0) is 19.4 Å². The van der Waals surface area contributed by atoms with E-state index in [1.165, 1.54) is 63.0 Å². The zero-order valence-electron chi connectivity index (χ0n) is 10.6. The van der Waals surface area contributed by atoms with E-state index < -0.39 is 0 Å². The van der Waals surface area contributed by atoms with E-state index >= 15 is 0 Å². The molecule has 94 valence electrons. The Morgan fingerprint density at radius 1 is 1.18 bits per heavy atom. The van der Waals surface area contributed by atoms with Crippen LogP contribution in [0.2, 0.25) is 0 Å². The number of fused-ring (bicyclic) bond motifs is 1. The third-order valence-electron chi connectivity index (χ3n) is 4.34. The summed E-state index contributed by atoms with van der Waals surface area (Å²) in [6, 6.07) is 0. The number of nitrogens with zero attached hydrogens (tertiary/aromatic N) is 2. The average Bonchev–Trinajstić information content (AvgIpc) is 2.97. The van der Waals surface area contributed by atoms with Gasteiger partial charge in [0.2, 0.25) is 0 Å². The molecule has 1 fully saturated rings. The van der Waals surface area contributed by atoms with Crippen LogP contribution < -0.4 is 5.73 Å². The van der Waals surface area contributed by atoms with Gasteiger partial charge < -0.3 is 10.3 Å². The predicted molar refractivity (Wildman–Crippen MR) is 69.1 cm³/mol. The Hall–Kier alpha value is -0.830. The van der Waals surface area contributed by atoms with Crippen LogP contribution in [0.25, 0.3) is 0 Å². The molecule has 0 saturated heterocycles. The smallest absolute Gasteiger partial charge is 0.110 e. The summed E-state index contributed by atoms with van der Waals surface area (Å²) in [5, 5.41) is 0. The number of rotatable bonds is 3. The molecule has 0 amide bonds. The molecule has 0 spiro atoms. The summed E-state index contributed by atoms with van der Waals surface area (Å²) in [6.45, 7) is 1.89. The van der Waals surface area contributed by atoms with Crippen molar-refractivity contribution in [2.24, 2.45) is 5.73 Å². The fraction of sp³-hybridized carbons (Fsp3) is 0.786. The number of hydrogen-bond acceptors (Lipinski definition) is 2. The second-order valence-corrected chi connectivity index (χ2v) is 5.49. The van der Waals surface area contributed by atoms with Crippen molar-refractivity contribution >= 4 is 0 Å². The van der Waals surface area contributed by atoms with Gasteiger partial charge in [0, 0.05) is 24.6 Å². The van der Waals surface area contributed by atoms with Crippen molar-refractivity contribution in [1.29, 1.82) is 0 Å². The normalized spacial score (nSPS) is 20.8. The molecule has 3 heteroatoms. The van der Waals surface area contributed by atoms with Crippen molar-refractivity contribution < 1.29 is 0 Å². The average molecular weight is 233 g/mol. The third kappa shape index (κ3) is 2.01. The first-order valence-electron chi connectivity index (χ1n) is 7.18. The Balaban J connectivity index is 1.96. The maximum absolute atomic E-state index is 5.70. The highest BCUT2D eigenvalue weighted by Gasteiger charge is 2.26. The van der Waals surface area contributed by atoms with Gasteiger partial charge in [-0.1, -0.05) is 12.8 Å². The standard InChI is InChI=1S/C14H23N3/c15-9-8-13-16-14(11-5-1-2-6-11)12-7-3-4-10-17(12)13/h11H,1-10,15H2. The van der Waals surface area contributed by atoms with Gasteiger partial charge in [0.15, 0.2) is 0 Å². The number of aromatic nitrogens is 2. The van der Waals surface area contributed by atoms with Crippen LogP contribution in [0.5, 0.6) is 0 Å². The first-order valence-corrected chi connectivity index (χ1v) is 7.18. The molecule has 1 aromatic rings. The van der Waals surface area contributed by atoms with Gasteiger partial charge in [0.25, 0.3) is 0 Å². The van der Waals surface area contributed by atoms with Gasteiger partial charge in [-0.2, -0.15) is 0 Å². The first-order chi connectivity index (χ1) is 8.40. The SMILES string of the molecule is NCCc1nc(C2CCCC2)c2n1CCCC2. The first kappa shape index (κ1) is 11.3. The van der Waals surface area contributed by atoms with Crippen LogP contribution in [-0.4, -0.2) is 16.1 Å². The lowest BCUT2D eigenvalue weighted by Gasteiger charge is -2.18. The van der Waals surface area contributed by atoms with E-state index in [4.69, 9.17) is 10.7 Å². The van der Waals surface area contributed by atoms with Gasteiger partial charge in [0.05, 0.1) is 5.69 Å². The minimum Gasteiger partial charge on any atom is -0.332 e. The molecule has 1 aliphatic carbocycles. The van der Waals surface area contributed by atoms with E-state index in [1.807, 2.05) is 0 Å². The van der Waals surface area contributed by atoms with Crippen molar-refractivity contribution in [3.8, 4) is 0 Å². The summed E-state index contributed by atoms with van der Waals surface area (Å²) >= 11 is 0. The zero-order valence-corrected chi connectivity index (χ0v) is 10.6. The molecular formula is C14H23N3. The largest absolute Gasteiger partial charge is 0.332 e. The lowest BCUT2D eigenvalue weighted by molar-refractivity contribution is 0.509. The second-order valence-electron chi connectivity index (χ2n) is 5.49. The van der Waals surface area contributed by atoms with Gasteiger partial charge >= 0.3 is 0 Å². The van der Waals surface area contributed by atoms with Gasteiger partial charge in [0.1, 0.15) is 5.82 Å². The fourth-order valence-electron chi connectivity index (χ4n) is 3.49. The molecule has 0 radical (unpaired) electrons. The lowest BCUT2D eigenvalue weighted by Crippen LogP contribution is -2.15. The van der Waals surface area contributed by atoms with Crippen LogP contribution in [0.3, 0.4) is 0 Å². The lowest BCUT2D eigenvalue weighted by atomic mass is 9.98. The Labute approximate surface area is 103 Å². The van der Waals surface area contributed by atoms with E-state index in [-0.39, 0.29) is 0 Å². The predicted octanol–water partition coefficient (Wildman–Crippen LogP) is 2.38. The maximum Gasteiger partial charge on any atom is 0.110 e. The molecule has 2 aliphatic rings. The summed E-state index contributed by atoms with van der Waals surface area (Å²) in [4.78, 5) is 4.95. The second kappa shape index (κ2) is 4.81. The van der Waals surface area contributed by atoms with Gasteiger partial charge in [-0.25, -0.2) is 4.98 Å². The highest BCUT2D eigenvalue weighted by molar-refractivity contribution is 5.24. The quantitative estimate of drug-likeness (QED) is 0.871. The van der Waals surface area contributed by atoms with Crippen molar-refractivity contribution in [3.63, 3.8) is 0 Å². The van der Waals surface area contributed by atoms with Crippen molar-refractivity contribution in [2.45, 2.75) is 63.8 Å². The molecule has 2 N–H and O–H groups in total. The molecule has 3 rings (SSSR count). The van der Waals surface area contributed by atoms with Crippen LogP contribution in [0.1, 0.15) is 61.7 Å². The van der Waals surface area contributed by atoms with E-state index in [2.05, 4.69) is 4.57 Å². The van der Waals surface area contributed by atoms with E-state index in [0.717, 1.165) is 18.9 Å². The molecule has 17 heavy (non-hydrogen) atoms. The molecule has 0 unspecified atom stereocenters. The molecule has 0 aromatic carbocycles. The molecule has 0 atom stereocenters. The van der Waals surface area contributed by atoms with E-state index in [9.17, 15) is 0 Å². The van der Waals surface area contributed by atoms with Crippen LogP contribution in [0.15, 0.2) is 0 Å². The highest BCUT2D eigenvalue weighted by atomic mass is 15.1. The van der Waals surface area contributed by atoms with Gasteiger partial charge in [-0.15, -0.1) is 0 Å². The summed E-state index contributed by atoms with van der Waals surface area (Å²) in [6.07, 6.45) is 10.3. The van der Waals surface area contributed by atoms with Crippen LogP contribution in [0.4, 0.5) is 0 Å². The van der Waals surface area contributed by atoms with Crippen molar-refractivity contribution in [3.05, 3.63) is 17.2 Å². The summed E-state index contributed by atoms with van der Waals surface area (Å²) < 4.78 is 2.48. The fourth-order valence-corrected chi connectivity index (χ4v) is 3.49. The highest BCUT2D eigenvalue weighted by Crippen LogP contribution is 2.37. The molecule has 1 saturated carbocycles. The molecular weight excluding hydrogens is 210 g/mol. The Morgan fingerprint density at radius 3 is 2.76 bits per heavy atom. The van der Waals surface area contributed by atoms with E-state index in [1.54, 1.807) is 5.69 Å². The minimum atomic E-state index is 0.723. The van der Waals surface area contributed by atoms with Gasteiger partial charge in [-0.3, -0.25) is 0 Å². The Kier molecular flexibility index (Phi) is 3.19. The molecule has 2 heterocycles. The monoisotopic (exact) mass is 233 g/mol. The molecule has 3 nitrogen and oxygen atoms in total.